The summed E-state index contributed by atoms with van der Waals surface area (Å²) in [6.07, 6.45) is 5.00. The molecule has 8 nitrogen and oxygen atoms in total. The Bertz CT molecular complexity index is 876. The minimum Gasteiger partial charge on any atom is -0.323 e. The summed E-state index contributed by atoms with van der Waals surface area (Å²) in [5.41, 5.74) is 1.61. The highest BCUT2D eigenvalue weighted by Gasteiger charge is 2.48. The Balaban J connectivity index is 1.47. The van der Waals surface area contributed by atoms with Gasteiger partial charge in [-0.25, -0.2) is 14.8 Å². The molecule has 1 aromatic heterocycles. The first-order valence-corrected chi connectivity index (χ1v) is 10.3. The van der Waals surface area contributed by atoms with E-state index in [1.165, 1.54) is 0 Å². The molecule has 2 aliphatic heterocycles. The molecule has 0 aromatic carbocycles. The molecule has 2 atom stereocenters. The van der Waals surface area contributed by atoms with Crippen LogP contribution >= 0.6 is 0 Å². The van der Waals surface area contributed by atoms with Crippen LogP contribution in [-0.2, 0) is 11.2 Å². The van der Waals surface area contributed by atoms with Crippen molar-refractivity contribution >= 4 is 11.9 Å². The van der Waals surface area contributed by atoms with E-state index >= 15 is 0 Å². The average molecular weight is 396 g/mol. The van der Waals surface area contributed by atoms with Gasteiger partial charge in [0.25, 0.3) is 5.91 Å². The number of fused-ring (bicyclic) bond motifs is 1. The first kappa shape index (κ1) is 19.8. The number of likely N-dealkylation sites (tertiary alicyclic amines) is 1. The molecular formula is C21H28N6O2. The van der Waals surface area contributed by atoms with Gasteiger partial charge in [-0.1, -0.05) is 20.8 Å². The number of nitrogens with zero attached hydrogens (tertiary/aromatic N) is 4. The maximum absolute atomic E-state index is 12.2. The summed E-state index contributed by atoms with van der Waals surface area (Å²) in [5, 5.41) is 14.4. The van der Waals surface area contributed by atoms with E-state index in [0.717, 1.165) is 43.7 Å². The second kappa shape index (κ2) is 7.06. The summed E-state index contributed by atoms with van der Waals surface area (Å²) < 4.78 is 0. The first-order chi connectivity index (χ1) is 13.7. The number of rotatable bonds is 3. The molecule has 2 unspecified atom stereocenters. The van der Waals surface area contributed by atoms with Gasteiger partial charge in [0, 0.05) is 31.7 Å². The number of carbonyl (C=O) groups is 2. The Morgan fingerprint density at radius 2 is 2.03 bits per heavy atom. The lowest BCUT2D eigenvalue weighted by molar-refractivity contribution is -0.125. The van der Waals surface area contributed by atoms with Crippen LogP contribution in [0.1, 0.15) is 63.0 Å². The quantitative estimate of drug-likeness (QED) is 0.753. The topological polar surface area (TPSA) is 111 Å². The maximum atomic E-state index is 12.2. The van der Waals surface area contributed by atoms with Gasteiger partial charge in [-0.3, -0.25) is 10.1 Å². The third-order valence-electron chi connectivity index (χ3n) is 6.45. The van der Waals surface area contributed by atoms with Crippen molar-refractivity contribution < 1.29 is 9.59 Å². The van der Waals surface area contributed by atoms with E-state index in [4.69, 9.17) is 0 Å². The molecule has 2 saturated heterocycles. The van der Waals surface area contributed by atoms with Crippen molar-refractivity contribution in [1.82, 2.24) is 25.5 Å². The van der Waals surface area contributed by atoms with Crippen molar-refractivity contribution in [3.8, 4) is 6.07 Å². The smallest absolute Gasteiger partial charge is 0.322 e. The van der Waals surface area contributed by atoms with E-state index in [-0.39, 0.29) is 23.2 Å². The van der Waals surface area contributed by atoms with Crippen LogP contribution in [-0.4, -0.2) is 52.0 Å². The SMILES string of the molecule is CC(C)(C)CC1c2nc(C#N)ncc2CC1CN1CCC2(CC1)NC(=O)NC2=O. The van der Waals surface area contributed by atoms with Gasteiger partial charge >= 0.3 is 6.03 Å². The molecule has 0 saturated carbocycles. The van der Waals surface area contributed by atoms with Gasteiger partial charge in [-0.05, 0) is 42.6 Å². The molecule has 2 fully saturated rings. The van der Waals surface area contributed by atoms with Crippen molar-refractivity contribution in [2.24, 2.45) is 11.3 Å². The van der Waals surface area contributed by atoms with Crippen LogP contribution in [0.5, 0.6) is 0 Å². The summed E-state index contributed by atoms with van der Waals surface area (Å²) >= 11 is 0. The summed E-state index contributed by atoms with van der Waals surface area (Å²) in [6.45, 7) is 9.18. The van der Waals surface area contributed by atoms with E-state index < -0.39 is 5.54 Å². The molecule has 2 N–H and O–H groups in total. The Morgan fingerprint density at radius 3 is 2.62 bits per heavy atom. The molecular weight excluding hydrogens is 368 g/mol. The molecule has 8 heteroatoms. The molecule has 0 radical (unpaired) electrons. The van der Waals surface area contributed by atoms with Crippen LogP contribution in [0.4, 0.5) is 4.79 Å². The van der Waals surface area contributed by atoms with Crippen molar-refractivity contribution in [3.05, 3.63) is 23.3 Å². The molecule has 29 heavy (non-hydrogen) atoms. The highest BCUT2D eigenvalue weighted by atomic mass is 16.2. The Labute approximate surface area is 171 Å². The number of carbonyl (C=O) groups excluding carboxylic acids is 2. The molecule has 154 valence electrons. The summed E-state index contributed by atoms with van der Waals surface area (Å²) in [7, 11) is 0. The molecule has 3 amide bonds. The number of imide groups is 1. The lowest BCUT2D eigenvalue weighted by atomic mass is 9.79. The number of amides is 3. The van der Waals surface area contributed by atoms with Crippen LogP contribution in [0.2, 0.25) is 0 Å². The minimum atomic E-state index is -0.732. The van der Waals surface area contributed by atoms with Crippen LogP contribution in [0.3, 0.4) is 0 Å². The van der Waals surface area contributed by atoms with Gasteiger partial charge in [0.2, 0.25) is 5.82 Å². The van der Waals surface area contributed by atoms with Gasteiger partial charge in [0.15, 0.2) is 0 Å². The van der Waals surface area contributed by atoms with Crippen molar-refractivity contribution in [3.63, 3.8) is 0 Å². The second-order valence-corrected chi connectivity index (χ2v) is 9.84. The molecule has 1 spiro atoms. The number of nitriles is 1. The van der Waals surface area contributed by atoms with Crippen LogP contribution in [0, 0.1) is 22.7 Å². The Hall–Kier alpha value is -2.53. The maximum Gasteiger partial charge on any atom is 0.322 e. The predicted octanol–water partition coefficient (Wildman–Crippen LogP) is 1.71. The van der Waals surface area contributed by atoms with E-state index in [2.05, 4.69) is 52.3 Å². The van der Waals surface area contributed by atoms with Gasteiger partial charge in [-0.15, -0.1) is 0 Å². The van der Waals surface area contributed by atoms with E-state index in [1.54, 1.807) is 0 Å². The standard InChI is InChI=1S/C21H28N6O2/c1-20(2,3)9-15-14(8-13-11-23-16(10-22)24-17(13)15)12-27-6-4-21(5-7-27)18(28)25-19(29)26-21/h11,14-15H,4-9,12H2,1-3H3,(H2,25,26,28,29). The molecule has 1 aliphatic carbocycles. The zero-order chi connectivity index (χ0) is 20.8. The average Bonchev–Trinajstić information content (AvgIpc) is 3.12. The minimum absolute atomic E-state index is 0.153. The fraction of sp³-hybridized carbons (Fsp3) is 0.667. The molecule has 3 aliphatic rings. The van der Waals surface area contributed by atoms with E-state index in [0.29, 0.717) is 24.7 Å². The van der Waals surface area contributed by atoms with E-state index in [9.17, 15) is 14.9 Å². The zero-order valence-corrected chi connectivity index (χ0v) is 17.3. The van der Waals surface area contributed by atoms with Gasteiger partial charge in [0.05, 0.1) is 5.69 Å². The summed E-state index contributed by atoms with van der Waals surface area (Å²) in [5.74, 6) is 0.755. The predicted molar refractivity (Wildman–Crippen MR) is 106 cm³/mol. The monoisotopic (exact) mass is 396 g/mol. The fourth-order valence-corrected chi connectivity index (χ4v) is 5.04. The third-order valence-corrected chi connectivity index (χ3v) is 6.45. The number of nitrogens with one attached hydrogen (secondary N) is 2. The van der Waals surface area contributed by atoms with Gasteiger partial charge in [-0.2, -0.15) is 5.26 Å². The van der Waals surface area contributed by atoms with Crippen LogP contribution in [0.15, 0.2) is 6.20 Å². The van der Waals surface area contributed by atoms with Crippen LogP contribution in [0.25, 0.3) is 0 Å². The molecule has 3 heterocycles. The Kier molecular flexibility index (Phi) is 4.82. The van der Waals surface area contributed by atoms with Gasteiger partial charge in [0.1, 0.15) is 11.6 Å². The summed E-state index contributed by atoms with van der Waals surface area (Å²) in [4.78, 5) is 34.9. The number of piperidine rings is 1. The fourth-order valence-electron chi connectivity index (χ4n) is 5.04. The first-order valence-electron chi connectivity index (χ1n) is 10.3. The number of hydrogen-bond donors (Lipinski definition) is 2. The summed E-state index contributed by atoms with van der Waals surface area (Å²) in [6, 6.07) is 1.68. The molecule has 0 bridgehead atoms. The zero-order valence-electron chi connectivity index (χ0n) is 17.3. The third kappa shape index (κ3) is 3.84. The van der Waals surface area contributed by atoms with Crippen molar-refractivity contribution in [2.45, 2.75) is 57.9 Å². The molecule has 4 rings (SSSR count). The largest absolute Gasteiger partial charge is 0.323 e. The highest BCUT2D eigenvalue weighted by molar-refractivity contribution is 6.07. The number of urea groups is 1. The van der Waals surface area contributed by atoms with Crippen molar-refractivity contribution in [2.75, 3.05) is 19.6 Å². The lowest BCUT2D eigenvalue weighted by Crippen LogP contribution is -2.55. The normalized spacial score (nSPS) is 26.1. The van der Waals surface area contributed by atoms with Crippen molar-refractivity contribution in [1.29, 1.82) is 5.26 Å². The van der Waals surface area contributed by atoms with E-state index in [1.807, 2.05) is 6.20 Å². The van der Waals surface area contributed by atoms with Gasteiger partial charge < -0.3 is 10.2 Å². The second-order valence-electron chi connectivity index (χ2n) is 9.84. The molecule has 1 aromatic rings. The Morgan fingerprint density at radius 1 is 1.31 bits per heavy atom. The number of aromatic nitrogens is 2. The van der Waals surface area contributed by atoms with Crippen LogP contribution < -0.4 is 10.6 Å². The highest BCUT2D eigenvalue weighted by Crippen LogP contribution is 2.44. The number of hydrogen-bond acceptors (Lipinski definition) is 6. The lowest BCUT2D eigenvalue weighted by Gasteiger charge is -2.39.